The summed E-state index contributed by atoms with van der Waals surface area (Å²) in [5.74, 6) is -6.02. The second kappa shape index (κ2) is 22.7. The van der Waals surface area contributed by atoms with E-state index in [4.69, 9.17) is 52.1 Å². The van der Waals surface area contributed by atoms with E-state index in [0.29, 0.717) is 37.2 Å². The smallest absolute Gasteiger partial charge is 0.305 e. The Labute approximate surface area is 458 Å². The third kappa shape index (κ3) is 10.9. The molecule has 2 heterocycles. The molecule has 2 saturated heterocycles. The van der Waals surface area contributed by atoms with E-state index in [2.05, 4.69) is 48.1 Å². The Balaban J connectivity index is 1.36. The Bertz CT molecular complexity index is 2350. The predicted octanol–water partition coefficient (Wildman–Crippen LogP) is 6.81. The lowest BCUT2D eigenvalue weighted by Gasteiger charge is -2.74. The summed E-state index contributed by atoms with van der Waals surface area (Å²) in [5, 5.41) is 11.5. The average Bonchev–Trinajstić information content (AvgIpc) is 3.89. The Morgan fingerprint density at radius 3 is 1.67 bits per heavy atom. The average molecular weight is 1100 g/mol. The highest BCUT2D eigenvalue weighted by molar-refractivity contribution is 5.70. The fourth-order valence-electron chi connectivity index (χ4n) is 17.8. The minimum atomic E-state index is -2.23. The fourth-order valence-corrected chi connectivity index (χ4v) is 17.8. The maximum Gasteiger partial charge on any atom is 0.305 e. The van der Waals surface area contributed by atoms with Gasteiger partial charge in [-0.2, -0.15) is 0 Å². The van der Waals surface area contributed by atoms with Gasteiger partial charge in [-0.3, -0.25) is 38.4 Å². The fraction of sp³-hybridized carbons (Fsp3) is 0.828. The summed E-state index contributed by atoms with van der Waals surface area (Å²) in [5.41, 5.74) is -2.58. The second-order valence-electron chi connectivity index (χ2n) is 25.2. The number of rotatable bonds is 15. The molecule has 438 valence electrons. The van der Waals surface area contributed by atoms with Gasteiger partial charge in [-0.25, -0.2) is 0 Å². The zero-order chi connectivity index (χ0) is 57.8. The number of hydrogen-bond acceptors (Lipinski definition) is 20. The van der Waals surface area contributed by atoms with Gasteiger partial charge >= 0.3 is 47.8 Å². The van der Waals surface area contributed by atoms with Crippen molar-refractivity contribution in [3.05, 3.63) is 12.2 Å². The highest BCUT2D eigenvalue weighted by Gasteiger charge is 2.76. The first-order chi connectivity index (χ1) is 36.3. The van der Waals surface area contributed by atoms with Crippen molar-refractivity contribution >= 4 is 47.8 Å². The molecule has 0 aromatic carbocycles. The maximum atomic E-state index is 14.2. The molecule has 1 N–H and O–H groups in total. The molecule has 7 fully saturated rings. The lowest BCUT2D eigenvalue weighted by Crippen LogP contribution is -2.77. The van der Waals surface area contributed by atoms with Crippen LogP contribution in [-0.4, -0.2) is 134 Å². The van der Waals surface area contributed by atoms with E-state index in [1.54, 1.807) is 0 Å². The third-order valence-electron chi connectivity index (χ3n) is 20.5. The topological polar surface area (TPSA) is 258 Å². The predicted molar refractivity (Wildman–Crippen MR) is 273 cm³/mol. The van der Waals surface area contributed by atoms with Crippen LogP contribution in [0.2, 0.25) is 0 Å². The van der Waals surface area contributed by atoms with E-state index in [1.165, 1.54) is 19.4 Å². The summed E-state index contributed by atoms with van der Waals surface area (Å²) in [6.07, 6.45) is -6.89. The van der Waals surface area contributed by atoms with Crippen LogP contribution >= 0.6 is 0 Å². The molecule has 0 amide bonds. The van der Waals surface area contributed by atoms with Gasteiger partial charge in [0.2, 0.25) is 12.4 Å². The summed E-state index contributed by atoms with van der Waals surface area (Å²) in [4.78, 5) is 104. The standard InChI is InChI=1S/C58H86O20/c1-29(2)38-18-23-57(28-69-31(4)61)25-24-55(14)39(45(38)57)16-17-44-54(13)21-19-43(53(11,12)42(54)20-22-56(44,55)15)58(78-37(10)67)49(40(26-59)75-52(74-36(9)66)50(58)73-35(8)65)77-51-48(72-34(7)64)47(71-33(6)63)46(70-32(5)62)41(76-51)27-68-30(3)60/h38-52,59H,1,16-28H2,2-15H3/t38-,39+,40+,41+,42-,43+,44?,45+,46+,47-,48+,49+,50-,51-,52+,54-,55+,56+,57+,58+/m0/s1. The minimum Gasteiger partial charge on any atom is -0.465 e. The van der Waals surface area contributed by atoms with Crippen LogP contribution in [0.5, 0.6) is 0 Å². The molecule has 0 radical (unpaired) electrons. The van der Waals surface area contributed by atoms with E-state index in [1.807, 2.05) is 0 Å². The van der Waals surface area contributed by atoms with Crippen molar-refractivity contribution in [2.45, 2.75) is 222 Å². The van der Waals surface area contributed by atoms with Crippen molar-refractivity contribution in [3.8, 4) is 0 Å². The van der Waals surface area contributed by atoms with Crippen molar-refractivity contribution in [3.63, 3.8) is 0 Å². The number of aliphatic hydroxyl groups is 1. The molecule has 7 aliphatic rings. The van der Waals surface area contributed by atoms with Crippen LogP contribution in [0.15, 0.2) is 12.2 Å². The van der Waals surface area contributed by atoms with Crippen LogP contribution in [0.25, 0.3) is 0 Å². The largest absolute Gasteiger partial charge is 0.465 e. The Hall–Kier alpha value is -4.66. The molecule has 1 unspecified atom stereocenters. The molecule has 20 nitrogen and oxygen atoms in total. The van der Waals surface area contributed by atoms with E-state index < -0.39 is 127 Å². The summed E-state index contributed by atoms with van der Waals surface area (Å²) in [6, 6.07) is 0. The number of allylic oxidation sites excluding steroid dienone is 1. The molecule has 7 rings (SSSR count). The molecule has 2 aliphatic heterocycles. The number of hydrogen-bond donors (Lipinski definition) is 1. The zero-order valence-electron chi connectivity index (χ0n) is 48.3. The Morgan fingerprint density at radius 2 is 1.10 bits per heavy atom. The highest BCUT2D eigenvalue weighted by atomic mass is 16.8. The molecule has 20 heteroatoms. The van der Waals surface area contributed by atoms with Gasteiger partial charge in [0.15, 0.2) is 30.2 Å². The lowest BCUT2D eigenvalue weighted by atomic mass is 9.31. The van der Waals surface area contributed by atoms with Crippen molar-refractivity contribution in [1.29, 1.82) is 0 Å². The summed E-state index contributed by atoms with van der Waals surface area (Å²) >= 11 is 0. The number of carbonyl (C=O) groups is 8. The van der Waals surface area contributed by atoms with E-state index in [0.717, 1.165) is 92.9 Å². The van der Waals surface area contributed by atoms with E-state index in [9.17, 15) is 43.5 Å². The van der Waals surface area contributed by atoms with Crippen molar-refractivity contribution in [2.24, 2.45) is 62.6 Å². The lowest BCUT2D eigenvalue weighted by molar-refractivity contribution is -0.392. The monoisotopic (exact) mass is 1100 g/mol. The Kier molecular flexibility index (Phi) is 17.7. The second-order valence-corrected chi connectivity index (χ2v) is 25.2. The molecule has 0 aromatic heterocycles. The minimum absolute atomic E-state index is 0.0812. The first kappa shape index (κ1) is 61.0. The number of aliphatic hydroxyl groups excluding tert-OH is 1. The summed E-state index contributed by atoms with van der Waals surface area (Å²) < 4.78 is 67.0. The quantitative estimate of drug-likeness (QED) is 0.100. The molecular weight excluding hydrogens is 1020 g/mol. The van der Waals surface area contributed by atoms with Gasteiger partial charge in [0.1, 0.15) is 24.9 Å². The van der Waals surface area contributed by atoms with Crippen LogP contribution in [0.1, 0.15) is 161 Å². The van der Waals surface area contributed by atoms with Gasteiger partial charge in [-0.05, 0) is 122 Å². The van der Waals surface area contributed by atoms with Crippen LogP contribution in [0.3, 0.4) is 0 Å². The van der Waals surface area contributed by atoms with Crippen molar-refractivity contribution in [2.75, 3.05) is 19.8 Å². The van der Waals surface area contributed by atoms with Gasteiger partial charge in [-0.1, -0.05) is 46.8 Å². The van der Waals surface area contributed by atoms with Crippen LogP contribution < -0.4 is 0 Å². The van der Waals surface area contributed by atoms with Gasteiger partial charge in [0.25, 0.3) is 0 Å². The first-order valence-electron chi connectivity index (χ1n) is 27.9. The highest BCUT2D eigenvalue weighted by Crippen LogP contribution is 2.78. The van der Waals surface area contributed by atoms with Crippen molar-refractivity contribution < 1.29 is 95.6 Å². The van der Waals surface area contributed by atoms with Crippen LogP contribution in [-0.2, 0) is 90.5 Å². The zero-order valence-corrected chi connectivity index (χ0v) is 48.3. The first-order valence-corrected chi connectivity index (χ1v) is 27.9. The summed E-state index contributed by atoms with van der Waals surface area (Å²) in [7, 11) is 0. The van der Waals surface area contributed by atoms with Gasteiger partial charge in [0.05, 0.1) is 13.2 Å². The molecular formula is C58H86O20. The maximum absolute atomic E-state index is 14.2. The number of carbonyl (C=O) groups excluding carboxylic acids is 8. The number of ether oxygens (including phenoxy) is 11. The molecule has 0 bridgehead atoms. The molecule has 78 heavy (non-hydrogen) atoms. The molecule has 5 aliphatic carbocycles. The normalized spacial score (nSPS) is 42.3. The van der Waals surface area contributed by atoms with E-state index in [-0.39, 0.29) is 39.5 Å². The van der Waals surface area contributed by atoms with Crippen LogP contribution in [0.4, 0.5) is 0 Å². The van der Waals surface area contributed by atoms with Crippen LogP contribution in [0, 0.1) is 62.6 Å². The third-order valence-corrected chi connectivity index (χ3v) is 20.5. The summed E-state index contributed by atoms with van der Waals surface area (Å²) in [6.45, 7) is 26.4. The SMILES string of the molecule is C=C(C)[C@@H]1CC[C@]2(COC(C)=O)CC[C@]3(C)[C@H](CCC4[C@@]5(C)CC[C@@H]([C@@]6(OC(C)=O)[C@H](O[C@@H]7O[C@H](COC(C)=O)[C@@H](OC(C)=O)[C@H](OC(C)=O)[C@H]7OC(C)=O)[C@@H](CO)O[C@@H](OC(C)=O)[C@@H]6OC(C)=O)C(C)(C)[C@@H]5CC[C@]43C)[C@@H]12. The van der Waals surface area contributed by atoms with Gasteiger partial charge in [-0.15, -0.1) is 0 Å². The molecule has 0 spiro atoms. The molecule has 20 atom stereocenters. The number of fused-ring (bicyclic) bond motifs is 7. The van der Waals surface area contributed by atoms with Gasteiger partial charge < -0.3 is 57.2 Å². The Morgan fingerprint density at radius 1 is 0.526 bits per heavy atom. The van der Waals surface area contributed by atoms with Gasteiger partial charge in [0, 0.05) is 66.7 Å². The van der Waals surface area contributed by atoms with E-state index >= 15 is 0 Å². The molecule has 5 saturated carbocycles. The van der Waals surface area contributed by atoms with Crippen molar-refractivity contribution in [1.82, 2.24) is 0 Å². The molecule has 0 aromatic rings. The number of esters is 8.